The summed E-state index contributed by atoms with van der Waals surface area (Å²) >= 11 is 1.55. The number of fused-ring (bicyclic) bond motifs is 1. The Hall–Kier alpha value is -2.85. The third-order valence-corrected chi connectivity index (χ3v) is 6.06. The number of benzene rings is 2. The molecule has 2 heterocycles. The molecule has 0 unspecified atom stereocenters. The molecular weight excluding hydrogens is 482 g/mol. The van der Waals surface area contributed by atoms with Gasteiger partial charge in [-0.3, -0.25) is 24.7 Å². The zero-order valence-corrected chi connectivity index (χ0v) is 20.2. The zero-order chi connectivity index (χ0) is 22.0. The van der Waals surface area contributed by atoms with Crippen molar-refractivity contribution in [2.75, 3.05) is 11.6 Å². The normalized spacial score (nSPS) is 15.8. The first-order valence-electron chi connectivity index (χ1n) is 9.49. The summed E-state index contributed by atoms with van der Waals surface area (Å²) in [5.41, 5.74) is 7.93. The molecule has 0 aliphatic carbocycles. The van der Waals surface area contributed by atoms with Gasteiger partial charge in [0.05, 0.1) is 22.6 Å². The van der Waals surface area contributed by atoms with Crippen LogP contribution < -0.4 is 10.5 Å². The van der Waals surface area contributed by atoms with Crippen LogP contribution in [0.25, 0.3) is 15.7 Å². The number of ether oxygens (including phenoxy) is 1. The summed E-state index contributed by atoms with van der Waals surface area (Å²) in [6, 6.07) is 10.6. The smallest absolute Gasteiger partial charge is 0.310 e. The van der Waals surface area contributed by atoms with E-state index < -0.39 is 17.1 Å². The molecule has 3 aromatic rings. The maximum atomic E-state index is 12.7. The number of hydrogen-bond acceptors (Lipinski definition) is 6. The number of amides is 1. The fourth-order valence-electron chi connectivity index (χ4n) is 3.45. The number of nitrogens with two attached hydrogens (primary N) is 1. The minimum absolute atomic E-state index is 0. The van der Waals surface area contributed by atoms with Gasteiger partial charge in [0.2, 0.25) is 5.91 Å². The van der Waals surface area contributed by atoms with Gasteiger partial charge in [0, 0.05) is 29.2 Å². The summed E-state index contributed by atoms with van der Waals surface area (Å²) in [5.74, 6) is 1.91. The Morgan fingerprint density at radius 1 is 1.30 bits per heavy atom. The van der Waals surface area contributed by atoms with Crippen molar-refractivity contribution >= 4 is 61.3 Å². The second-order valence-corrected chi connectivity index (χ2v) is 8.10. The number of carbonyl (C=O) groups is 1. The Morgan fingerprint density at radius 3 is 2.67 bits per heavy atom. The van der Waals surface area contributed by atoms with Crippen molar-refractivity contribution in [2.24, 2.45) is 5.73 Å². The van der Waals surface area contributed by atoms with E-state index in [4.69, 9.17) is 17.0 Å². The number of nitrogens with one attached hydrogen (secondary N) is 1. The average molecular weight is 506 g/mol. The van der Waals surface area contributed by atoms with Gasteiger partial charge in [-0.1, -0.05) is 0 Å². The summed E-state index contributed by atoms with van der Waals surface area (Å²) in [4.78, 5) is 31.3. The molecule has 1 amide bonds. The van der Waals surface area contributed by atoms with E-state index in [1.54, 1.807) is 22.7 Å². The summed E-state index contributed by atoms with van der Waals surface area (Å²) in [6.45, 7) is 7.24. The Balaban J connectivity index is 0.00000193. The minimum atomic E-state index is -0.749. The van der Waals surface area contributed by atoms with E-state index in [1.165, 1.54) is 24.3 Å². The van der Waals surface area contributed by atoms with Gasteiger partial charge in [-0.15, -0.1) is 11.8 Å². The lowest BCUT2D eigenvalue weighted by molar-refractivity contribution is -0.384. The predicted molar refractivity (Wildman–Crippen MR) is 138 cm³/mol. The summed E-state index contributed by atoms with van der Waals surface area (Å²) < 4.78 is 5.83. The largest absolute Gasteiger partial charge is 0.457 e. The fourth-order valence-corrected chi connectivity index (χ4v) is 4.52. The quantitative estimate of drug-likeness (QED) is 0.299. The van der Waals surface area contributed by atoms with E-state index in [0.717, 1.165) is 16.5 Å². The van der Waals surface area contributed by atoms with Gasteiger partial charge in [-0.25, -0.2) is 6.57 Å². The molecule has 1 aromatic heterocycles. The number of aromatic nitrogens is 1. The molecule has 1 aliphatic rings. The van der Waals surface area contributed by atoms with E-state index in [2.05, 4.69) is 9.83 Å². The Bertz CT molecular complexity index is 1180. The van der Waals surface area contributed by atoms with Gasteiger partial charge in [-0.2, -0.15) is 27.0 Å². The van der Waals surface area contributed by atoms with Crippen molar-refractivity contribution in [3.8, 4) is 11.5 Å². The second kappa shape index (κ2) is 11.3. The number of nitrogens with zero attached hydrogens (tertiary/aromatic N) is 3. The summed E-state index contributed by atoms with van der Waals surface area (Å²) in [7, 11) is 0. The number of aromatic amines is 1. The van der Waals surface area contributed by atoms with Crippen molar-refractivity contribution in [3.63, 3.8) is 0 Å². The molecule has 3 N–H and O–H groups in total. The number of nitro groups is 1. The molecule has 0 radical (unpaired) electrons. The highest BCUT2D eigenvalue weighted by molar-refractivity contribution is 7.99. The summed E-state index contributed by atoms with van der Waals surface area (Å²) in [5, 5.41) is 11.7. The highest BCUT2D eigenvalue weighted by Gasteiger charge is 2.36. The van der Waals surface area contributed by atoms with Crippen LogP contribution in [0.1, 0.15) is 5.56 Å². The third kappa shape index (κ3) is 5.75. The molecular formula is C21H23N5O4S3. The van der Waals surface area contributed by atoms with Crippen LogP contribution in [0.5, 0.6) is 11.5 Å². The molecule has 0 spiro atoms. The number of rotatable bonds is 6. The monoisotopic (exact) mass is 505 g/mol. The van der Waals surface area contributed by atoms with Crippen LogP contribution in [0.3, 0.4) is 0 Å². The molecule has 1 aliphatic heterocycles. The van der Waals surface area contributed by atoms with Crippen LogP contribution in [0, 0.1) is 16.7 Å². The number of H-pyrrole nitrogens is 1. The van der Waals surface area contributed by atoms with Crippen molar-refractivity contribution in [1.82, 2.24) is 9.88 Å². The second-order valence-electron chi connectivity index (χ2n) is 7.10. The topological polar surface area (TPSA) is 119 Å². The van der Waals surface area contributed by atoms with E-state index in [0.29, 0.717) is 29.5 Å². The van der Waals surface area contributed by atoms with Gasteiger partial charge in [0.15, 0.2) is 0 Å². The average Bonchev–Trinajstić information content (AvgIpc) is 3.40. The molecule has 1 fully saturated rings. The molecule has 2 atom stereocenters. The van der Waals surface area contributed by atoms with Crippen LogP contribution in [0.4, 0.5) is 5.69 Å². The van der Waals surface area contributed by atoms with Gasteiger partial charge >= 0.3 is 6.17 Å². The lowest BCUT2D eigenvalue weighted by Gasteiger charge is -2.19. The number of carbonyl (C=O) groups excluding carboxylic acids is 1. The van der Waals surface area contributed by atoms with Gasteiger partial charge in [-0.05, 0) is 42.3 Å². The minimum Gasteiger partial charge on any atom is -0.457 e. The zero-order valence-electron chi connectivity index (χ0n) is 17.4. The molecule has 1 saturated heterocycles. The number of nitro benzene ring substituents is 1. The highest BCUT2D eigenvalue weighted by atomic mass is 32.2. The van der Waals surface area contributed by atoms with E-state index in [9.17, 15) is 14.9 Å². The van der Waals surface area contributed by atoms with Crippen LogP contribution >= 0.6 is 38.8 Å². The van der Waals surface area contributed by atoms with Crippen molar-refractivity contribution in [1.29, 1.82) is 0 Å². The first-order chi connectivity index (χ1) is 15.0. The maximum absolute atomic E-state index is 12.7. The molecule has 0 bridgehead atoms. The first-order valence-corrected chi connectivity index (χ1v) is 10.6. The van der Waals surface area contributed by atoms with Crippen molar-refractivity contribution in [3.05, 3.63) is 75.8 Å². The van der Waals surface area contributed by atoms with Gasteiger partial charge in [0.25, 0.3) is 5.69 Å². The molecule has 9 nitrogen and oxygen atoms in total. The first kappa shape index (κ1) is 26.4. The van der Waals surface area contributed by atoms with Gasteiger partial charge < -0.3 is 15.5 Å². The summed E-state index contributed by atoms with van der Waals surface area (Å²) in [6.07, 6.45) is 1.69. The molecule has 2 aromatic carbocycles. The molecule has 0 saturated carbocycles. The van der Waals surface area contributed by atoms with E-state index in [-0.39, 0.29) is 38.6 Å². The maximum Gasteiger partial charge on any atom is 0.310 e. The van der Waals surface area contributed by atoms with E-state index in [1.807, 2.05) is 18.3 Å². The number of thioether (sulfide) groups is 1. The van der Waals surface area contributed by atoms with Crippen LogP contribution in [-0.2, 0) is 11.2 Å². The standard InChI is InChI=1S/C21H19N5O4S.2H2S/c1-23-20-11-31-12-25(20)21(27)18(22)8-13-10-24-19-7-6-16(9-17(13)19)30-15-4-2-14(3-5-15)26(28)29;;/h2-7,9-10,18,20,24H,8,11-12,22H2;2*1H2/t18-,20+;;/m0../s1. The van der Waals surface area contributed by atoms with Crippen LogP contribution in [0.2, 0.25) is 0 Å². The molecule has 12 heteroatoms. The van der Waals surface area contributed by atoms with Crippen LogP contribution in [-0.4, -0.2) is 44.6 Å². The molecule has 174 valence electrons. The van der Waals surface area contributed by atoms with Crippen molar-refractivity contribution < 1.29 is 14.5 Å². The third-order valence-electron chi connectivity index (χ3n) is 5.07. The van der Waals surface area contributed by atoms with Gasteiger partial charge in [0.1, 0.15) is 11.5 Å². The van der Waals surface area contributed by atoms with Crippen LogP contribution in [0.15, 0.2) is 48.7 Å². The molecule has 4 rings (SSSR count). The highest BCUT2D eigenvalue weighted by Crippen LogP contribution is 2.29. The Morgan fingerprint density at radius 2 is 2.00 bits per heavy atom. The Kier molecular flexibility index (Phi) is 9.07. The predicted octanol–water partition coefficient (Wildman–Crippen LogP) is 3.74. The number of non-ortho nitro benzene ring substituents is 1. The SMILES string of the molecule is S.S.[C-]#[N+][C@H]1CSCN1C(=O)[C@@H](N)Cc1c[nH]c2ccc(Oc3ccc([N+](=O)[O-])cc3)cc12. The van der Waals surface area contributed by atoms with Crippen molar-refractivity contribution in [2.45, 2.75) is 18.6 Å². The number of hydrogen-bond donors (Lipinski definition) is 2. The lowest BCUT2D eigenvalue weighted by Crippen LogP contribution is -2.46. The Labute approximate surface area is 208 Å². The molecule has 33 heavy (non-hydrogen) atoms. The lowest BCUT2D eigenvalue weighted by atomic mass is 10.0. The van der Waals surface area contributed by atoms with E-state index >= 15 is 0 Å². The fraction of sp³-hybridized carbons (Fsp3) is 0.238.